The molecule has 2 aliphatic rings. The number of phenols is 1. The largest absolute Gasteiger partial charge is 0.508 e. The number of hydrogen-bond acceptors (Lipinski definition) is 6. The van der Waals surface area contributed by atoms with Gasteiger partial charge in [-0.05, 0) is 79.7 Å². The Kier molecular flexibility index (Phi) is 8.03. The zero-order chi connectivity index (χ0) is 28.7. The topological polar surface area (TPSA) is 64.5 Å². The van der Waals surface area contributed by atoms with Crippen molar-refractivity contribution in [2.75, 3.05) is 38.1 Å². The maximum atomic E-state index is 16.7. The van der Waals surface area contributed by atoms with Crippen molar-refractivity contribution >= 4 is 39.1 Å². The van der Waals surface area contributed by atoms with Crippen molar-refractivity contribution in [3.63, 3.8) is 0 Å². The van der Waals surface area contributed by atoms with E-state index in [2.05, 4.69) is 36.0 Å². The first-order valence-electron chi connectivity index (χ1n) is 14.9. The number of hydrogen-bond donors (Lipinski definition) is 2. The van der Waals surface area contributed by atoms with Crippen molar-refractivity contribution in [3.05, 3.63) is 59.1 Å². The van der Waals surface area contributed by atoms with E-state index in [0.717, 1.165) is 68.5 Å². The lowest BCUT2D eigenvalue weighted by Crippen LogP contribution is -2.51. The van der Waals surface area contributed by atoms with Crippen LogP contribution in [0.2, 0.25) is 5.02 Å². The second-order valence-electron chi connectivity index (χ2n) is 12.3. The Morgan fingerprint density at radius 3 is 2.59 bits per heavy atom. The molecular weight excluding hydrogens is 537 g/mol. The van der Waals surface area contributed by atoms with Gasteiger partial charge in [0.1, 0.15) is 22.9 Å². The number of fused-ring (bicyclic) bond motifs is 4. The van der Waals surface area contributed by atoms with E-state index in [1.54, 1.807) is 12.1 Å². The van der Waals surface area contributed by atoms with Crippen LogP contribution in [0, 0.1) is 11.7 Å². The monoisotopic (exact) mass is 575 g/mol. The SMILES string of the molecule is CC(C)CN(C)CCCCc1nc(N2CC3CCC(C2)N3)c2cc(Cl)c(-c3cc(O)cc4ccccc34)c(F)c2n1. The lowest BCUT2D eigenvalue weighted by atomic mass is 9.96. The number of piperazine rings is 1. The molecule has 2 saturated heterocycles. The number of unbranched alkanes of at least 4 members (excludes halogenated alkanes) is 1. The van der Waals surface area contributed by atoms with E-state index in [9.17, 15) is 5.11 Å². The highest BCUT2D eigenvalue weighted by Crippen LogP contribution is 2.42. The van der Waals surface area contributed by atoms with Crippen molar-refractivity contribution < 1.29 is 9.50 Å². The maximum absolute atomic E-state index is 16.7. The lowest BCUT2D eigenvalue weighted by molar-refractivity contribution is 0.289. The summed E-state index contributed by atoms with van der Waals surface area (Å²) < 4.78 is 16.7. The summed E-state index contributed by atoms with van der Waals surface area (Å²) in [7, 11) is 2.16. The Labute approximate surface area is 246 Å². The van der Waals surface area contributed by atoms with Crippen molar-refractivity contribution in [1.29, 1.82) is 0 Å². The van der Waals surface area contributed by atoms with Crippen LogP contribution < -0.4 is 10.2 Å². The fraction of sp³-hybridized carbons (Fsp3) is 0.455. The van der Waals surface area contributed by atoms with E-state index in [1.807, 2.05) is 30.3 Å². The predicted molar refractivity (Wildman–Crippen MR) is 167 cm³/mol. The molecule has 0 amide bonds. The highest BCUT2D eigenvalue weighted by Gasteiger charge is 2.34. The van der Waals surface area contributed by atoms with Gasteiger partial charge in [-0.3, -0.25) is 0 Å². The van der Waals surface area contributed by atoms with Crippen LogP contribution in [0.25, 0.3) is 32.8 Å². The number of rotatable bonds is 9. The summed E-state index contributed by atoms with van der Waals surface area (Å²) in [5.74, 6) is 1.67. The van der Waals surface area contributed by atoms with Gasteiger partial charge in [0.05, 0.1) is 5.02 Å². The quantitative estimate of drug-likeness (QED) is 0.214. The minimum absolute atomic E-state index is 0.0667. The molecule has 2 bridgehead atoms. The summed E-state index contributed by atoms with van der Waals surface area (Å²) >= 11 is 6.87. The van der Waals surface area contributed by atoms with Crippen LogP contribution in [0.15, 0.2) is 42.5 Å². The number of benzene rings is 3. The van der Waals surface area contributed by atoms with Gasteiger partial charge in [-0.1, -0.05) is 49.7 Å². The molecule has 1 aromatic heterocycles. The number of aromatic hydroxyl groups is 1. The molecule has 4 aromatic rings. The number of nitrogens with zero attached hydrogens (tertiary/aromatic N) is 4. The summed E-state index contributed by atoms with van der Waals surface area (Å²) in [5, 5.41) is 16.7. The summed E-state index contributed by atoms with van der Waals surface area (Å²) in [6.45, 7) is 8.22. The third kappa shape index (κ3) is 5.85. The first-order valence-corrected chi connectivity index (χ1v) is 15.2. The van der Waals surface area contributed by atoms with Crippen molar-refractivity contribution in [2.45, 2.75) is 58.0 Å². The van der Waals surface area contributed by atoms with Crippen molar-refractivity contribution in [1.82, 2.24) is 20.2 Å². The molecule has 8 heteroatoms. The van der Waals surface area contributed by atoms with E-state index in [-0.39, 0.29) is 16.3 Å². The van der Waals surface area contributed by atoms with Gasteiger partial charge in [-0.15, -0.1) is 0 Å². The van der Waals surface area contributed by atoms with Gasteiger partial charge in [0.25, 0.3) is 0 Å². The van der Waals surface area contributed by atoms with Gasteiger partial charge < -0.3 is 20.2 Å². The molecule has 0 spiro atoms. The number of anilines is 1. The van der Waals surface area contributed by atoms with E-state index < -0.39 is 5.82 Å². The van der Waals surface area contributed by atoms with Crippen LogP contribution in [-0.2, 0) is 6.42 Å². The number of aryl methyl sites for hydroxylation is 1. The Morgan fingerprint density at radius 1 is 1.07 bits per heavy atom. The molecule has 41 heavy (non-hydrogen) atoms. The average Bonchev–Trinajstić information content (AvgIpc) is 3.27. The van der Waals surface area contributed by atoms with E-state index >= 15 is 4.39 Å². The third-order valence-corrected chi connectivity index (χ3v) is 8.71. The summed E-state index contributed by atoms with van der Waals surface area (Å²) in [6.07, 6.45) is 4.93. The smallest absolute Gasteiger partial charge is 0.158 e. The second kappa shape index (κ2) is 11.7. The predicted octanol–water partition coefficient (Wildman–Crippen LogP) is 6.80. The molecule has 2 N–H and O–H groups in total. The molecule has 2 atom stereocenters. The summed E-state index contributed by atoms with van der Waals surface area (Å²) in [6, 6.07) is 13.5. The van der Waals surface area contributed by atoms with E-state index in [0.29, 0.717) is 46.7 Å². The fourth-order valence-electron chi connectivity index (χ4n) is 6.68. The van der Waals surface area contributed by atoms with Gasteiger partial charge in [0.2, 0.25) is 0 Å². The van der Waals surface area contributed by atoms with Gasteiger partial charge in [0, 0.05) is 49.1 Å². The van der Waals surface area contributed by atoms with Crippen molar-refractivity contribution in [2.24, 2.45) is 5.92 Å². The summed E-state index contributed by atoms with van der Waals surface area (Å²) in [4.78, 5) is 14.5. The molecule has 2 fully saturated rings. The summed E-state index contributed by atoms with van der Waals surface area (Å²) in [5.41, 5.74) is 1.11. The Bertz CT molecular complexity index is 1570. The van der Waals surface area contributed by atoms with Crippen LogP contribution >= 0.6 is 11.6 Å². The molecule has 6 rings (SSSR count). The second-order valence-corrected chi connectivity index (χ2v) is 12.7. The number of phenolic OH excluding ortho intramolecular Hbond substituents is 1. The first kappa shape index (κ1) is 28.1. The first-order chi connectivity index (χ1) is 19.8. The zero-order valence-electron chi connectivity index (χ0n) is 24.1. The third-order valence-electron chi connectivity index (χ3n) is 8.41. The fourth-order valence-corrected chi connectivity index (χ4v) is 6.97. The van der Waals surface area contributed by atoms with Crippen LogP contribution in [0.5, 0.6) is 5.75 Å². The molecule has 0 aliphatic carbocycles. The maximum Gasteiger partial charge on any atom is 0.158 e. The van der Waals surface area contributed by atoms with Gasteiger partial charge in [-0.2, -0.15) is 0 Å². The van der Waals surface area contributed by atoms with Gasteiger partial charge >= 0.3 is 0 Å². The highest BCUT2D eigenvalue weighted by atomic mass is 35.5. The number of halogens is 2. The molecule has 0 saturated carbocycles. The molecule has 216 valence electrons. The van der Waals surface area contributed by atoms with Crippen LogP contribution in [-0.4, -0.2) is 65.3 Å². The van der Waals surface area contributed by atoms with E-state index in [4.69, 9.17) is 21.6 Å². The number of aromatic nitrogens is 2. The minimum atomic E-state index is -0.470. The zero-order valence-corrected chi connectivity index (χ0v) is 24.9. The average molecular weight is 576 g/mol. The van der Waals surface area contributed by atoms with Gasteiger partial charge in [0.15, 0.2) is 5.82 Å². The molecule has 3 aromatic carbocycles. The highest BCUT2D eigenvalue weighted by molar-refractivity contribution is 6.35. The number of nitrogens with one attached hydrogen (secondary N) is 1. The van der Waals surface area contributed by atoms with Crippen molar-refractivity contribution in [3.8, 4) is 16.9 Å². The molecule has 0 radical (unpaired) electrons. The minimum Gasteiger partial charge on any atom is -0.508 e. The molecule has 2 unspecified atom stereocenters. The van der Waals surface area contributed by atoms with Crippen LogP contribution in [0.3, 0.4) is 0 Å². The van der Waals surface area contributed by atoms with E-state index in [1.165, 1.54) is 0 Å². The molecular formula is C33H39ClFN5O. The molecule has 3 heterocycles. The Hall–Kier alpha value is -3.00. The lowest BCUT2D eigenvalue weighted by Gasteiger charge is -2.34. The normalized spacial score (nSPS) is 18.9. The van der Waals surface area contributed by atoms with Crippen LogP contribution in [0.4, 0.5) is 10.2 Å². The Morgan fingerprint density at radius 2 is 1.83 bits per heavy atom. The van der Waals surface area contributed by atoms with Crippen LogP contribution in [0.1, 0.15) is 45.4 Å². The van der Waals surface area contributed by atoms with Gasteiger partial charge in [-0.25, -0.2) is 14.4 Å². The standard InChI is InChI=1S/C33H39ClFN5O/c1-20(2)17-39(3)13-7-6-10-29-37-32-27(33(38-29)40-18-22-11-12-23(19-40)36-22)16-28(34)30(31(32)35)26-15-24(41)14-21-8-4-5-9-25(21)26/h4-5,8-9,14-16,20,22-23,36,41H,6-7,10-13,17-19H2,1-3H3. The molecule has 2 aliphatic heterocycles. The Balaban J connectivity index is 1.42. The molecule has 6 nitrogen and oxygen atoms in total.